The molecule has 0 heterocycles. The van der Waals surface area contributed by atoms with Crippen LogP contribution in [0.2, 0.25) is 5.02 Å². The summed E-state index contributed by atoms with van der Waals surface area (Å²) in [5.74, 6) is -0.419. The van der Waals surface area contributed by atoms with Gasteiger partial charge >= 0.3 is 0 Å². The van der Waals surface area contributed by atoms with Gasteiger partial charge in [0.05, 0.1) is 5.02 Å². The molecule has 19 heavy (non-hydrogen) atoms. The van der Waals surface area contributed by atoms with E-state index in [1.165, 1.54) is 39.2 Å². The molecule has 0 aliphatic carbocycles. The van der Waals surface area contributed by atoms with Crippen LogP contribution >= 0.6 is 23.2 Å². The SMILES string of the molecule is C[C@@H](Cl)C(=O)Nc1ccc(Cl)c(S(=O)(=O)N(C)C)c1. The molecule has 0 fully saturated rings. The molecule has 0 saturated heterocycles. The van der Waals surface area contributed by atoms with Crippen molar-refractivity contribution in [3.8, 4) is 0 Å². The third kappa shape index (κ3) is 3.82. The van der Waals surface area contributed by atoms with Crippen molar-refractivity contribution in [2.45, 2.75) is 17.2 Å². The van der Waals surface area contributed by atoms with Crippen LogP contribution in [0, 0.1) is 0 Å². The maximum absolute atomic E-state index is 12.0. The van der Waals surface area contributed by atoms with Crippen LogP contribution in [-0.4, -0.2) is 38.1 Å². The van der Waals surface area contributed by atoms with E-state index in [-0.39, 0.29) is 9.92 Å². The lowest BCUT2D eigenvalue weighted by molar-refractivity contribution is -0.115. The standard InChI is InChI=1S/C11H14Cl2N2O3S/c1-7(12)11(16)14-8-4-5-9(13)10(6-8)19(17,18)15(2)3/h4-7H,1-3H3,(H,14,16)/t7-/m1/s1. The van der Waals surface area contributed by atoms with Crippen molar-refractivity contribution in [2.75, 3.05) is 19.4 Å². The van der Waals surface area contributed by atoms with Crippen LogP contribution in [0.5, 0.6) is 0 Å². The number of rotatable bonds is 4. The highest BCUT2D eigenvalue weighted by molar-refractivity contribution is 7.89. The zero-order valence-electron chi connectivity index (χ0n) is 10.6. The molecule has 0 bridgehead atoms. The lowest BCUT2D eigenvalue weighted by Crippen LogP contribution is -2.23. The summed E-state index contributed by atoms with van der Waals surface area (Å²) in [4.78, 5) is 11.4. The summed E-state index contributed by atoms with van der Waals surface area (Å²) in [6.07, 6.45) is 0. The molecular formula is C11H14Cl2N2O3S. The predicted octanol–water partition coefficient (Wildman–Crippen LogP) is 2.16. The molecule has 0 aliphatic rings. The molecule has 0 unspecified atom stereocenters. The van der Waals surface area contributed by atoms with E-state index in [1.54, 1.807) is 0 Å². The zero-order valence-corrected chi connectivity index (χ0v) is 13.0. The number of anilines is 1. The number of carbonyl (C=O) groups excluding carboxylic acids is 1. The molecule has 0 spiro atoms. The summed E-state index contributed by atoms with van der Waals surface area (Å²) in [5, 5.41) is 1.88. The Hall–Kier alpha value is -0.820. The number of hydrogen-bond acceptors (Lipinski definition) is 3. The molecule has 0 aromatic heterocycles. The number of sulfonamides is 1. The second kappa shape index (κ2) is 6.09. The van der Waals surface area contributed by atoms with Gasteiger partial charge < -0.3 is 5.32 Å². The lowest BCUT2D eigenvalue weighted by Gasteiger charge is -2.14. The van der Waals surface area contributed by atoms with Crippen molar-refractivity contribution in [3.63, 3.8) is 0 Å². The molecule has 1 amide bonds. The molecule has 1 aromatic carbocycles. The summed E-state index contributed by atoms with van der Waals surface area (Å²) < 4.78 is 25.1. The minimum atomic E-state index is -3.67. The highest BCUT2D eigenvalue weighted by atomic mass is 35.5. The molecule has 106 valence electrons. The van der Waals surface area contributed by atoms with Gasteiger partial charge in [0.25, 0.3) is 0 Å². The van der Waals surface area contributed by atoms with Crippen LogP contribution in [0.4, 0.5) is 5.69 Å². The Morgan fingerprint density at radius 1 is 1.37 bits per heavy atom. The van der Waals surface area contributed by atoms with Crippen LogP contribution in [0.3, 0.4) is 0 Å². The normalized spacial score (nSPS) is 13.4. The quantitative estimate of drug-likeness (QED) is 0.863. The van der Waals surface area contributed by atoms with E-state index in [0.29, 0.717) is 5.69 Å². The molecule has 1 rings (SSSR count). The van der Waals surface area contributed by atoms with Crippen molar-refractivity contribution in [1.82, 2.24) is 4.31 Å². The van der Waals surface area contributed by atoms with Gasteiger partial charge in [-0.25, -0.2) is 12.7 Å². The summed E-state index contributed by atoms with van der Waals surface area (Å²) in [6, 6.07) is 4.22. The van der Waals surface area contributed by atoms with Crippen molar-refractivity contribution < 1.29 is 13.2 Å². The largest absolute Gasteiger partial charge is 0.325 e. The first kappa shape index (κ1) is 16.2. The van der Waals surface area contributed by atoms with E-state index in [9.17, 15) is 13.2 Å². The Bertz CT molecular complexity index is 586. The predicted molar refractivity (Wildman–Crippen MR) is 76.3 cm³/mol. The number of halogens is 2. The number of amides is 1. The van der Waals surface area contributed by atoms with Crippen LogP contribution in [-0.2, 0) is 14.8 Å². The van der Waals surface area contributed by atoms with Crippen LogP contribution in [0.15, 0.2) is 23.1 Å². The molecule has 0 saturated carbocycles. The van der Waals surface area contributed by atoms with Gasteiger partial charge in [0, 0.05) is 19.8 Å². The molecule has 1 aromatic rings. The molecule has 0 radical (unpaired) electrons. The summed E-state index contributed by atoms with van der Waals surface area (Å²) in [5.41, 5.74) is 0.322. The number of alkyl halides is 1. The highest BCUT2D eigenvalue weighted by Gasteiger charge is 2.21. The van der Waals surface area contributed by atoms with Gasteiger partial charge in [0.15, 0.2) is 0 Å². The Balaban J connectivity index is 3.19. The third-order valence-corrected chi connectivity index (χ3v) is 4.81. The maximum atomic E-state index is 12.0. The second-order valence-corrected chi connectivity index (χ2v) is 7.22. The summed E-state index contributed by atoms with van der Waals surface area (Å²) >= 11 is 11.5. The van der Waals surface area contributed by atoms with Crippen molar-refractivity contribution in [3.05, 3.63) is 23.2 Å². The van der Waals surface area contributed by atoms with Gasteiger partial charge in [-0.3, -0.25) is 4.79 Å². The second-order valence-electron chi connectivity index (χ2n) is 4.04. The van der Waals surface area contributed by atoms with E-state index >= 15 is 0 Å². The molecule has 8 heteroatoms. The van der Waals surface area contributed by atoms with Gasteiger partial charge in [-0.15, -0.1) is 11.6 Å². The highest BCUT2D eigenvalue weighted by Crippen LogP contribution is 2.26. The monoisotopic (exact) mass is 324 g/mol. The van der Waals surface area contributed by atoms with E-state index in [0.717, 1.165) is 4.31 Å². The Morgan fingerprint density at radius 2 is 1.95 bits per heavy atom. The Labute approximate surface area is 122 Å². The summed E-state index contributed by atoms with van der Waals surface area (Å²) in [6.45, 7) is 1.52. The zero-order chi connectivity index (χ0) is 14.8. The number of carbonyl (C=O) groups is 1. The lowest BCUT2D eigenvalue weighted by atomic mass is 10.3. The fraction of sp³-hybridized carbons (Fsp3) is 0.364. The van der Waals surface area contributed by atoms with Gasteiger partial charge in [0.2, 0.25) is 15.9 Å². The summed E-state index contributed by atoms with van der Waals surface area (Å²) in [7, 11) is -0.868. The molecule has 0 aliphatic heterocycles. The third-order valence-electron chi connectivity index (χ3n) is 2.32. The number of hydrogen-bond donors (Lipinski definition) is 1. The first-order valence-corrected chi connectivity index (χ1v) is 7.58. The van der Waals surface area contributed by atoms with E-state index in [1.807, 2.05) is 0 Å². The fourth-order valence-electron chi connectivity index (χ4n) is 1.22. The Kier molecular flexibility index (Phi) is 5.20. The van der Waals surface area contributed by atoms with Gasteiger partial charge in [-0.1, -0.05) is 11.6 Å². The maximum Gasteiger partial charge on any atom is 0.244 e. The molecular weight excluding hydrogens is 311 g/mol. The number of nitrogens with one attached hydrogen (secondary N) is 1. The van der Waals surface area contributed by atoms with Crippen LogP contribution < -0.4 is 5.32 Å². The molecule has 1 N–H and O–H groups in total. The first-order chi connectivity index (χ1) is 8.66. The molecule has 5 nitrogen and oxygen atoms in total. The first-order valence-electron chi connectivity index (χ1n) is 5.33. The van der Waals surface area contributed by atoms with Gasteiger partial charge in [0.1, 0.15) is 10.3 Å². The topological polar surface area (TPSA) is 66.5 Å². The minimum Gasteiger partial charge on any atom is -0.325 e. The van der Waals surface area contributed by atoms with Crippen LogP contribution in [0.25, 0.3) is 0 Å². The average Bonchev–Trinajstić information content (AvgIpc) is 2.30. The van der Waals surface area contributed by atoms with E-state index < -0.39 is 21.3 Å². The number of benzene rings is 1. The fourth-order valence-corrected chi connectivity index (χ4v) is 2.67. The average molecular weight is 325 g/mol. The minimum absolute atomic E-state index is 0.0702. The van der Waals surface area contributed by atoms with Gasteiger partial charge in [-0.2, -0.15) is 0 Å². The van der Waals surface area contributed by atoms with Crippen LogP contribution in [0.1, 0.15) is 6.92 Å². The van der Waals surface area contributed by atoms with Crippen molar-refractivity contribution >= 4 is 44.8 Å². The molecule has 1 atom stereocenters. The van der Waals surface area contributed by atoms with E-state index in [2.05, 4.69) is 5.32 Å². The number of nitrogens with zero attached hydrogens (tertiary/aromatic N) is 1. The van der Waals surface area contributed by atoms with Crippen molar-refractivity contribution in [2.24, 2.45) is 0 Å². The smallest absolute Gasteiger partial charge is 0.244 e. The van der Waals surface area contributed by atoms with E-state index in [4.69, 9.17) is 23.2 Å². The van der Waals surface area contributed by atoms with Crippen molar-refractivity contribution in [1.29, 1.82) is 0 Å². The van der Waals surface area contributed by atoms with Gasteiger partial charge in [-0.05, 0) is 25.1 Å². The Morgan fingerprint density at radius 3 is 2.42 bits per heavy atom.